The minimum absolute atomic E-state index is 0.0451. The maximum Gasteiger partial charge on any atom is 0.302 e. The van der Waals surface area contributed by atoms with E-state index < -0.39 is 0 Å². The Morgan fingerprint density at radius 1 is 1.06 bits per heavy atom. The van der Waals surface area contributed by atoms with E-state index >= 15 is 0 Å². The molecule has 8 atom stereocenters. The van der Waals surface area contributed by atoms with E-state index in [1.54, 1.807) is 11.1 Å². The minimum atomic E-state index is -0.166. The molecule has 3 nitrogen and oxygen atoms in total. The summed E-state index contributed by atoms with van der Waals surface area (Å²) in [4.78, 5) is 25.4. The summed E-state index contributed by atoms with van der Waals surface area (Å²) in [6, 6.07) is 0. The van der Waals surface area contributed by atoms with Gasteiger partial charge >= 0.3 is 5.97 Å². The topological polar surface area (TPSA) is 43.4 Å². The molecule has 0 aliphatic heterocycles. The van der Waals surface area contributed by atoms with Crippen LogP contribution in [-0.2, 0) is 14.3 Å². The third kappa shape index (κ3) is 4.36. The average Bonchev–Trinajstić information content (AvgIpc) is 3.07. The Bertz CT molecular complexity index is 809. The lowest BCUT2D eigenvalue weighted by Gasteiger charge is -2.56. The Hall–Kier alpha value is -1.12. The van der Waals surface area contributed by atoms with Gasteiger partial charge in [0.05, 0.1) is 0 Å². The van der Waals surface area contributed by atoms with Crippen LogP contribution in [0.5, 0.6) is 0 Å². The Morgan fingerprint density at radius 2 is 1.79 bits per heavy atom. The number of allylic oxidation sites excluding steroid dienone is 2. The van der Waals surface area contributed by atoms with Crippen LogP contribution in [0.3, 0.4) is 0 Å². The van der Waals surface area contributed by atoms with Crippen LogP contribution < -0.4 is 0 Å². The Morgan fingerprint density at radius 3 is 2.45 bits per heavy atom. The highest BCUT2D eigenvalue weighted by atomic mass is 16.5. The summed E-state index contributed by atoms with van der Waals surface area (Å²) in [7, 11) is 0. The Kier molecular flexibility index (Phi) is 6.93. The van der Waals surface area contributed by atoms with Gasteiger partial charge in [0.2, 0.25) is 0 Å². The largest absolute Gasteiger partial charge is 0.463 e. The summed E-state index contributed by atoms with van der Waals surface area (Å²) < 4.78 is 5.59. The molecule has 0 heterocycles. The van der Waals surface area contributed by atoms with E-state index in [4.69, 9.17) is 4.74 Å². The number of ketones is 1. The standard InChI is InChI=1S/C30H48O3/c1-18(2)19(3)8-9-20(4)25-12-13-26-24-11-10-22-16-23(33-21(5)31)14-15-29(22,6)28(24)27(32)17-30(25,26)7/h18-20,22-23,25,28H,8-17H2,1-7H3/t19-,20+,22-,23?,25?,28?,29?,30?/m0/s1. The lowest BCUT2D eigenvalue weighted by atomic mass is 9.48. The van der Waals surface area contributed by atoms with Gasteiger partial charge in [-0.15, -0.1) is 0 Å². The van der Waals surface area contributed by atoms with Gasteiger partial charge in [-0.1, -0.05) is 65.5 Å². The predicted molar refractivity (Wildman–Crippen MR) is 134 cm³/mol. The van der Waals surface area contributed by atoms with Crippen molar-refractivity contribution in [3.8, 4) is 0 Å². The quantitative estimate of drug-likeness (QED) is 0.306. The molecule has 3 fully saturated rings. The zero-order chi connectivity index (χ0) is 24.1. The monoisotopic (exact) mass is 456 g/mol. The lowest BCUT2D eigenvalue weighted by Crippen LogP contribution is -2.52. The molecule has 0 saturated heterocycles. The number of esters is 1. The van der Waals surface area contributed by atoms with Crippen LogP contribution in [0.25, 0.3) is 0 Å². The third-order valence-electron chi connectivity index (χ3n) is 11.0. The fraction of sp³-hybridized carbons (Fsp3) is 0.867. The molecule has 4 rings (SSSR count). The summed E-state index contributed by atoms with van der Waals surface area (Å²) in [5, 5.41) is 0. The van der Waals surface area contributed by atoms with Crippen molar-refractivity contribution < 1.29 is 14.3 Å². The van der Waals surface area contributed by atoms with Crippen LogP contribution in [0.2, 0.25) is 0 Å². The molecule has 0 aromatic carbocycles. The van der Waals surface area contributed by atoms with Crippen molar-refractivity contribution in [2.24, 2.45) is 46.3 Å². The summed E-state index contributed by atoms with van der Waals surface area (Å²) in [6.07, 6.45) is 10.9. The highest BCUT2D eigenvalue weighted by Gasteiger charge is 2.59. The first-order valence-corrected chi connectivity index (χ1v) is 13.9. The first kappa shape index (κ1) is 25.0. The zero-order valence-electron chi connectivity index (χ0n) is 22.3. The maximum absolute atomic E-state index is 13.9. The van der Waals surface area contributed by atoms with Gasteiger partial charge in [0, 0.05) is 19.3 Å². The molecule has 186 valence electrons. The van der Waals surface area contributed by atoms with Crippen LogP contribution in [0.1, 0.15) is 113 Å². The van der Waals surface area contributed by atoms with E-state index in [0.29, 0.717) is 23.5 Å². The number of rotatable bonds is 6. The van der Waals surface area contributed by atoms with Gasteiger partial charge in [-0.05, 0) is 85.4 Å². The third-order valence-corrected chi connectivity index (χ3v) is 11.0. The molecule has 5 unspecified atom stereocenters. The summed E-state index contributed by atoms with van der Waals surface area (Å²) in [6.45, 7) is 15.9. The lowest BCUT2D eigenvalue weighted by molar-refractivity contribution is -0.154. The van der Waals surface area contributed by atoms with Crippen molar-refractivity contribution in [3.63, 3.8) is 0 Å². The first-order valence-electron chi connectivity index (χ1n) is 13.9. The molecule has 0 bridgehead atoms. The molecule has 3 saturated carbocycles. The highest BCUT2D eigenvalue weighted by Crippen LogP contribution is 2.65. The van der Waals surface area contributed by atoms with Crippen LogP contribution >= 0.6 is 0 Å². The second-order valence-corrected chi connectivity index (χ2v) is 13.2. The molecule has 0 aromatic rings. The average molecular weight is 457 g/mol. The van der Waals surface area contributed by atoms with Crippen LogP contribution in [0.4, 0.5) is 0 Å². The van der Waals surface area contributed by atoms with Crippen molar-refractivity contribution in [1.29, 1.82) is 0 Å². The molecule has 0 radical (unpaired) electrons. The fourth-order valence-electron chi connectivity index (χ4n) is 8.64. The number of ether oxygens (including phenoxy) is 1. The number of Topliss-reactive ketones (excluding diaryl/α,β-unsaturated/α-hetero) is 1. The van der Waals surface area contributed by atoms with Crippen molar-refractivity contribution in [2.75, 3.05) is 0 Å². The first-order chi connectivity index (χ1) is 15.5. The van der Waals surface area contributed by atoms with Crippen molar-refractivity contribution in [3.05, 3.63) is 11.1 Å². The molecular weight excluding hydrogens is 408 g/mol. The SMILES string of the molecule is CC(=O)OC1CCC2(C)C3C(=O)CC4(C)C(=C3CC[C@H]2C1)CCC4[C@H](C)CC[C@H](C)C(C)C. The van der Waals surface area contributed by atoms with Gasteiger partial charge in [0.15, 0.2) is 0 Å². The van der Waals surface area contributed by atoms with Gasteiger partial charge in [0.25, 0.3) is 0 Å². The van der Waals surface area contributed by atoms with Gasteiger partial charge in [0.1, 0.15) is 11.9 Å². The maximum atomic E-state index is 13.9. The van der Waals surface area contributed by atoms with Crippen molar-refractivity contribution >= 4 is 11.8 Å². The van der Waals surface area contributed by atoms with Gasteiger partial charge in [-0.25, -0.2) is 0 Å². The molecule has 4 aliphatic rings. The molecule has 33 heavy (non-hydrogen) atoms. The summed E-state index contributed by atoms with van der Waals surface area (Å²) in [5.41, 5.74) is 3.36. The zero-order valence-corrected chi connectivity index (χ0v) is 22.3. The van der Waals surface area contributed by atoms with Gasteiger partial charge in [-0.2, -0.15) is 0 Å². The molecule has 0 spiro atoms. The van der Waals surface area contributed by atoms with Gasteiger partial charge < -0.3 is 4.74 Å². The number of hydrogen-bond donors (Lipinski definition) is 0. The minimum Gasteiger partial charge on any atom is -0.463 e. The van der Waals surface area contributed by atoms with Crippen molar-refractivity contribution in [1.82, 2.24) is 0 Å². The van der Waals surface area contributed by atoms with E-state index in [1.807, 2.05) is 0 Å². The van der Waals surface area contributed by atoms with E-state index in [0.717, 1.165) is 50.4 Å². The molecule has 0 aromatic heterocycles. The smallest absolute Gasteiger partial charge is 0.302 e. The van der Waals surface area contributed by atoms with E-state index in [-0.39, 0.29) is 28.8 Å². The summed E-state index contributed by atoms with van der Waals surface area (Å²) in [5.74, 6) is 3.82. The fourth-order valence-corrected chi connectivity index (χ4v) is 8.64. The second-order valence-electron chi connectivity index (χ2n) is 13.2. The molecule has 4 aliphatic carbocycles. The van der Waals surface area contributed by atoms with Crippen LogP contribution in [-0.4, -0.2) is 17.9 Å². The van der Waals surface area contributed by atoms with E-state index in [2.05, 4.69) is 41.5 Å². The normalized spacial score (nSPS) is 40.2. The summed E-state index contributed by atoms with van der Waals surface area (Å²) >= 11 is 0. The number of hydrogen-bond acceptors (Lipinski definition) is 3. The Balaban J connectivity index is 1.55. The number of carbonyl (C=O) groups excluding carboxylic acids is 2. The van der Waals surface area contributed by atoms with Crippen LogP contribution in [0, 0.1) is 46.3 Å². The van der Waals surface area contributed by atoms with Gasteiger partial charge in [-0.3, -0.25) is 9.59 Å². The van der Waals surface area contributed by atoms with E-state index in [9.17, 15) is 9.59 Å². The van der Waals surface area contributed by atoms with Crippen molar-refractivity contribution in [2.45, 2.75) is 119 Å². The molecular formula is C30H48O3. The van der Waals surface area contributed by atoms with E-state index in [1.165, 1.54) is 32.6 Å². The van der Waals surface area contributed by atoms with Crippen LogP contribution in [0.15, 0.2) is 11.1 Å². The predicted octanol–water partition coefficient (Wildman–Crippen LogP) is 7.53. The molecule has 0 amide bonds. The number of fused-ring (bicyclic) bond motifs is 4. The molecule has 0 N–H and O–H groups in total. The number of carbonyl (C=O) groups is 2. The second kappa shape index (κ2) is 9.15. The Labute approximate surface area is 202 Å². The molecule has 3 heteroatoms. The highest BCUT2D eigenvalue weighted by molar-refractivity contribution is 5.88.